The quantitative estimate of drug-likeness (QED) is 0.242. The number of ether oxygens (including phenoxy) is 3. The van der Waals surface area contributed by atoms with E-state index in [1.54, 1.807) is 95.7 Å². The molecule has 1 aliphatic heterocycles. The first-order chi connectivity index (χ1) is 19.8. The number of carbonyl (C=O) groups excluding carboxylic acids is 1. The number of aryl methyl sites for hydroxylation is 1. The third-order valence-corrected chi connectivity index (χ3v) is 12.0. The van der Waals surface area contributed by atoms with Crippen molar-refractivity contribution in [2.45, 2.75) is 56.3 Å². The lowest BCUT2D eigenvalue weighted by Crippen LogP contribution is -2.42. The fraction of sp³-hybridized carbons (Fsp3) is 0.387. The van der Waals surface area contributed by atoms with Crippen molar-refractivity contribution >= 4 is 34.0 Å². The zero-order chi connectivity index (χ0) is 30.7. The van der Waals surface area contributed by atoms with E-state index in [4.69, 9.17) is 18.4 Å². The Balaban J connectivity index is 1.71. The largest absolute Gasteiger partial charge is 0.497 e. The summed E-state index contributed by atoms with van der Waals surface area (Å²) in [5.41, 5.74) is -0.413. The summed E-state index contributed by atoms with van der Waals surface area (Å²) in [6.07, 6.45) is -0.389. The Bertz CT molecular complexity index is 1480. The summed E-state index contributed by atoms with van der Waals surface area (Å²) in [5, 5.41) is 1.19. The second-order valence-corrected chi connectivity index (χ2v) is 16.0. The first kappa shape index (κ1) is 31.6. The highest BCUT2D eigenvalue weighted by molar-refractivity contribution is 7.86. The molecule has 0 spiro atoms. The minimum atomic E-state index is -4.10. The molecule has 0 aromatic heterocycles. The molecule has 226 valence electrons. The average molecular weight is 616 g/mol. The number of hydrogen-bond acceptors (Lipinski definition) is 8. The molecule has 0 N–H and O–H groups in total. The van der Waals surface area contributed by atoms with Crippen LogP contribution >= 0.6 is 7.14 Å². The van der Waals surface area contributed by atoms with Crippen molar-refractivity contribution in [3.05, 3.63) is 78.4 Å². The molecule has 0 saturated carbocycles. The van der Waals surface area contributed by atoms with Crippen LogP contribution in [0, 0.1) is 6.92 Å². The molecule has 1 aliphatic rings. The van der Waals surface area contributed by atoms with Crippen molar-refractivity contribution in [2.75, 3.05) is 27.4 Å². The molecule has 1 amide bonds. The van der Waals surface area contributed by atoms with Crippen LogP contribution in [-0.2, 0) is 23.6 Å². The molecule has 9 nitrogen and oxygen atoms in total. The van der Waals surface area contributed by atoms with E-state index in [-0.39, 0.29) is 24.5 Å². The minimum Gasteiger partial charge on any atom is -0.497 e. The number of nitrogens with zero attached hydrogens (tertiary/aromatic N) is 1. The maximum atomic E-state index is 15.3. The zero-order valence-electron chi connectivity index (χ0n) is 24.8. The fourth-order valence-electron chi connectivity index (χ4n) is 4.98. The van der Waals surface area contributed by atoms with Crippen LogP contribution in [0.3, 0.4) is 0 Å². The van der Waals surface area contributed by atoms with Gasteiger partial charge in [-0.15, -0.1) is 0 Å². The maximum absolute atomic E-state index is 15.3. The molecular weight excluding hydrogens is 577 g/mol. The normalized spacial score (nSPS) is 17.6. The average Bonchev–Trinajstić information content (AvgIpc) is 3.40. The second kappa shape index (κ2) is 12.5. The number of amides is 1. The van der Waals surface area contributed by atoms with Crippen LogP contribution in [0.15, 0.2) is 77.7 Å². The number of benzene rings is 3. The first-order valence-electron chi connectivity index (χ1n) is 13.6. The summed E-state index contributed by atoms with van der Waals surface area (Å²) < 4.78 is 63.1. The molecule has 2 atom stereocenters. The molecule has 1 fully saturated rings. The molecule has 42 heavy (non-hydrogen) atoms. The molecule has 1 saturated heterocycles. The Morgan fingerprint density at radius 3 is 1.83 bits per heavy atom. The van der Waals surface area contributed by atoms with Gasteiger partial charge in [0.1, 0.15) is 24.2 Å². The van der Waals surface area contributed by atoms with Crippen molar-refractivity contribution in [2.24, 2.45) is 0 Å². The molecule has 0 unspecified atom stereocenters. The molecule has 1 heterocycles. The van der Waals surface area contributed by atoms with Gasteiger partial charge in [-0.1, -0.05) is 17.7 Å². The van der Waals surface area contributed by atoms with Crippen LogP contribution in [0.5, 0.6) is 11.5 Å². The molecule has 4 rings (SSSR count). The van der Waals surface area contributed by atoms with Crippen molar-refractivity contribution in [1.29, 1.82) is 0 Å². The van der Waals surface area contributed by atoms with E-state index >= 15 is 4.57 Å². The molecule has 3 aromatic carbocycles. The smallest absolute Gasteiger partial charge is 0.410 e. The Labute approximate surface area is 248 Å². The third kappa shape index (κ3) is 7.00. The standard InChI is InChI=1S/C31H38NO8PS/c1-22-7-17-29(18-8-22)42(35,36)39-21-23-19-28(20-32(23)30(33)40-31(2,3)4)41(34,26-13-9-24(37-5)10-14-26)27-15-11-25(38-6)12-16-27/h7-18,23,28H,19-21H2,1-6H3/t23-,28-/m0/s1. The van der Waals surface area contributed by atoms with Gasteiger partial charge in [-0.3, -0.25) is 4.18 Å². The van der Waals surface area contributed by atoms with Gasteiger partial charge in [0.25, 0.3) is 10.1 Å². The van der Waals surface area contributed by atoms with Crippen LogP contribution < -0.4 is 20.1 Å². The lowest BCUT2D eigenvalue weighted by molar-refractivity contribution is 0.0189. The third-order valence-electron chi connectivity index (χ3n) is 7.17. The van der Waals surface area contributed by atoms with Gasteiger partial charge in [0.15, 0.2) is 0 Å². The molecular formula is C31H38NO8PS. The predicted octanol–water partition coefficient (Wildman–Crippen LogP) is 5.11. The highest BCUT2D eigenvalue weighted by Crippen LogP contribution is 2.53. The van der Waals surface area contributed by atoms with Gasteiger partial charge in [0.05, 0.1) is 31.8 Å². The molecule has 3 aromatic rings. The van der Waals surface area contributed by atoms with Gasteiger partial charge in [0, 0.05) is 22.8 Å². The first-order valence-corrected chi connectivity index (χ1v) is 16.8. The number of rotatable bonds is 9. The van der Waals surface area contributed by atoms with Crippen molar-refractivity contribution in [3.8, 4) is 11.5 Å². The van der Waals surface area contributed by atoms with E-state index in [1.807, 2.05) is 6.92 Å². The lowest BCUT2D eigenvalue weighted by Gasteiger charge is -2.29. The molecule has 0 radical (unpaired) electrons. The van der Waals surface area contributed by atoms with Crippen LogP contribution in [0.2, 0.25) is 0 Å². The van der Waals surface area contributed by atoms with Crippen LogP contribution in [0.1, 0.15) is 32.8 Å². The van der Waals surface area contributed by atoms with Crippen molar-refractivity contribution < 1.29 is 36.2 Å². The Kier molecular flexibility index (Phi) is 9.40. The number of carbonyl (C=O) groups is 1. The van der Waals surface area contributed by atoms with E-state index < -0.39 is 40.7 Å². The second-order valence-electron chi connectivity index (χ2n) is 11.3. The number of methoxy groups -OCH3 is 2. The SMILES string of the molecule is COc1ccc(P(=O)(c2ccc(OC)cc2)[C@H]2C[C@@H](COS(=O)(=O)c3ccc(C)cc3)N(C(=O)OC(C)(C)C)C2)cc1. The van der Waals surface area contributed by atoms with Gasteiger partial charge < -0.3 is 23.7 Å². The van der Waals surface area contributed by atoms with Gasteiger partial charge in [-0.2, -0.15) is 8.42 Å². The van der Waals surface area contributed by atoms with Gasteiger partial charge in [-0.05, 0) is 94.8 Å². The maximum Gasteiger partial charge on any atom is 0.410 e. The van der Waals surface area contributed by atoms with E-state index in [2.05, 4.69) is 0 Å². The number of likely N-dealkylation sites (tertiary alicyclic amines) is 1. The Morgan fingerprint density at radius 2 is 1.38 bits per heavy atom. The summed E-state index contributed by atoms with van der Waals surface area (Å²) in [6, 6.07) is 19.7. The van der Waals surface area contributed by atoms with Gasteiger partial charge in [-0.25, -0.2) is 4.79 Å². The van der Waals surface area contributed by atoms with E-state index in [0.29, 0.717) is 22.1 Å². The fourth-order valence-corrected chi connectivity index (χ4v) is 9.19. The lowest BCUT2D eigenvalue weighted by atomic mass is 10.2. The van der Waals surface area contributed by atoms with Crippen molar-refractivity contribution in [3.63, 3.8) is 0 Å². The zero-order valence-corrected chi connectivity index (χ0v) is 26.5. The van der Waals surface area contributed by atoms with Crippen LogP contribution in [-0.4, -0.2) is 64.1 Å². The molecule has 0 bridgehead atoms. The summed E-state index contributed by atoms with van der Waals surface area (Å²) in [6.45, 7) is 6.90. The van der Waals surface area contributed by atoms with E-state index in [0.717, 1.165) is 5.56 Å². The summed E-state index contributed by atoms with van der Waals surface area (Å²) in [4.78, 5) is 14.9. The monoisotopic (exact) mass is 615 g/mol. The van der Waals surface area contributed by atoms with Crippen molar-refractivity contribution in [1.82, 2.24) is 4.90 Å². The minimum absolute atomic E-state index is 0.0219. The number of hydrogen-bond donors (Lipinski definition) is 0. The highest BCUT2D eigenvalue weighted by atomic mass is 32.2. The van der Waals surface area contributed by atoms with Gasteiger partial charge >= 0.3 is 6.09 Å². The Morgan fingerprint density at radius 1 is 0.881 bits per heavy atom. The summed E-state index contributed by atoms with van der Waals surface area (Å²) >= 11 is 0. The molecule has 11 heteroatoms. The predicted molar refractivity (Wildman–Crippen MR) is 162 cm³/mol. The Hall–Kier alpha value is -3.33. The summed E-state index contributed by atoms with van der Waals surface area (Å²) in [5.74, 6) is 1.24. The topological polar surface area (TPSA) is 108 Å². The van der Waals surface area contributed by atoms with E-state index in [9.17, 15) is 13.2 Å². The van der Waals surface area contributed by atoms with Crippen LogP contribution in [0.25, 0.3) is 0 Å². The van der Waals surface area contributed by atoms with Gasteiger partial charge in [0.2, 0.25) is 0 Å². The van der Waals surface area contributed by atoms with E-state index in [1.165, 1.54) is 17.0 Å². The molecule has 0 aliphatic carbocycles. The van der Waals surface area contributed by atoms with Crippen LogP contribution in [0.4, 0.5) is 4.79 Å². The summed E-state index contributed by atoms with van der Waals surface area (Å²) in [7, 11) is -4.37. The highest BCUT2D eigenvalue weighted by Gasteiger charge is 2.47.